The van der Waals surface area contributed by atoms with Gasteiger partial charge in [-0.3, -0.25) is 0 Å². The fraction of sp³-hybridized carbons (Fsp3) is 0.167. The predicted molar refractivity (Wildman–Crippen MR) is 104 cm³/mol. The molecule has 146 valence electrons. The van der Waals surface area contributed by atoms with Crippen LogP contribution in [0, 0.1) is 0 Å². The lowest BCUT2D eigenvalue weighted by Crippen LogP contribution is -2.31. The van der Waals surface area contributed by atoms with Crippen LogP contribution in [0.1, 0.15) is 5.56 Å². The van der Waals surface area contributed by atoms with E-state index in [2.05, 4.69) is 15.0 Å². The summed E-state index contributed by atoms with van der Waals surface area (Å²) in [6, 6.07) is 9.50. The van der Waals surface area contributed by atoms with E-state index in [1.165, 1.54) is 44.0 Å². The van der Waals surface area contributed by atoms with Crippen molar-refractivity contribution < 1.29 is 17.9 Å². The molecule has 28 heavy (non-hydrogen) atoms. The lowest BCUT2D eigenvalue weighted by molar-refractivity contribution is 0.391. The monoisotopic (exact) mass is 401 g/mol. The number of methoxy groups -OCH3 is 2. The SMILES string of the molecule is COc1ccc(CN(c2ccncn2)S(=O)(=O)c2ccc(N)nc2)c(OC)c1. The fourth-order valence-electron chi connectivity index (χ4n) is 2.53. The van der Waals surface area contributed by atoms with E-state index < -0.39 is 10.0 Å². The summed E-state index contributed by atoms with van der Waals surface area (Å²) in [6.45, 7) is -0.0170. The van der Waals surface area contributed by atoms with Gasteiger partial charge in [0, 0.05) is 30.1 Å². The maximum absolute atomic E-state index is 13.3. The quantitative estimate of drug-likeness (QED) is 0.637. The van der Waals surface area contributed by atoms with E-state index >= 15 is 0 Å². The Morgan fingerprint density at radius 1 is 1.07 bits per heavy atom. The number of nitrogens with zero attached hydrogens (tertiary/aromatic N) is 4. The Morgan fingerprint density at radius 3 is 2.50 bits per heavy atom. The second-order valence-electron chi connectivity index (χ2n) is 5.68. The van der Waals surface area contributed by atoms with Crippen molar-refractivity contribution in [2.45, 2.75) is 11.4 Å². The van der Waals surface area contributed by atoms with Gasteiger partial charge in [-0.25, -0.2) is 27.7 Å². The van der Waals surface area contributed by atoms with E-state index in [4.69, 9.17) is 15.2 Å². The van der Waals surface area contributed by atoms with Crippen LogP contribution >= 0.6 is 0 Å². The van der Waals surface area contributed by atoms with Gasteiger partial charge in [0.1, 0.15) is 34.4 Å². The molecule has 0 saturated heterocycles. The van der Waals surface area contributed by atoms with Gasteiger partial charge in [0.25, 0.3) is 10.0 Å². The molecular weight excluding hydrogens is 382 g/mol. The molecule has 0 unspecified atom stereocenters. The number of pyridine rings is 1. The van der Waals surface area contributed by atoms with Crippen molar-refractivity contribution in [1.82, 2.24) is 15.0 Å². The minimum atomic E-state index is -3.97. The van der Waals surface area contributed by atoms with E-state index in [0.29, 0.717) is 17.1 Å². The molecule has 3 rings (SSSR count). The number of sulfonamides is 1. The number of benzene rings is 1. The molecule has 0 radical (unpaired) electrons. The van der Waals surface area contributed by atoms with Crippen LogP contribution in [0.5, 0.6) is 11.5 Å². The van der Waals surface area contributed by atoms with Gasteiger partial charge in [0.05, 0.1) is 20.8 Å². The van der Waals surface area contributed by atoms with Gasteiger partial charge in [-0.1, -0.05) is 0 Å². The van der Waals surface area contributed by atoms with E-state index in [9.17, 15) is 8.42 Å². The lowest BCUT2D eigenvalue weighted by atomic mass is 10.2. The van der Waals surface area contributed by atoms with E-state index in [0.717, 1.165) is 4.31 Å². The third-order valence-corrected chi connectivity index (χ3v) is 5.71. The normalized spacial score (nSPS) is 11.1. The van der Waals surface area contributed by atoms with Crippen molar-refractivity contribution in [1.29, 1.82) is 0 Å². The van der Waals surface area contributed by atoms with Crippen molar-refractivity contribution >= 4 is 21.7 Å². The number of rotatable bonds is 7. The summed E-state index contributed by atoms with van der Waals surface area (Å²) >= 11 is 0. The van der Waals surface area contributed by atoms with Gasteiger partial charge in [0.15, 0.2) is 0 Å². The Labute approximate surface area is 162 Å². The van der Waals surface area contributed by atoms with Gasteiger partial charge >= 0.3 is 0 Å². The molecule has 0 fully saturated rings. The highest BCUT2D eigenvalue weighted by Crippen LogP contribution is 2.30. The molecule has 0 bridgehead atoms. The highest BCUT2D eigenvalue weighted by molar-refractivity contribution is 7.92. The Balaban J connectivity index is 2.07. The molecule has 2 aromatic heterocycles. The number of anilines is 2. The summed E-state index contributed by atoms with van der Waals surface area (Å²) in [4.78, 5) is 11.8. The smallest absolute Gasteiger partial charge is 0.267 e. The second-order valence-corrected chi connectivity index (χ2v) is 7.54. The Hall–Kier alpha value is -3.40. The van der Waals surface area contributed by atoms with E-state index in [-0.39, 0.29) is 23.1 Å². The zero-order chi connectivity index (χ0) is 20.1. The number of nitrogen functional groups attached to an aromatic ring is 1. The molecule has 0 aliphatic heterocycles. The molecule has 0 aliphatic rings. The number of aromatic nitrogens is 3. The average molecular weight is 401 g/mol. The molecule has 2 heterocycles. The zero-order valence-electron chi connectivity index (χ0n) is 15.3. The van der Waals surface area contributed by atoms with Crippen molar-refractivity contribution in [2.75, 3.05) is 24.3 Å². The molecule has 0 spiro atoms. The molecule has 0 aliphatic carbocycles. The first-order chi connectivity index (χ1) is 13.5. The molecule has 1 aromatic carbocycles. The maximum atomic E-state index is 13.3. The van der Waals surface area contributed by atoms with E-state index in [1.807, 2.05) is 0 Å². The van der Waals surface area contributed by atoms with Gasteiger partial charge < -0.3 is 15.2 Å². The largest absolute Gasteiger partial charge is 0.497 e. The number of hydrogen-bond donors (Lipinski definition) is 1. The highest BCUT2D eigenvalue weighted by Gasteiger charge is 2.27. The van der Waals surface area contributed by atoms with Crippen LogP contribution < -0.4 is 19.5 Å². The zero-order valence-corrected chi connectivity index (χ0v) is 16.1. The van der Waals surface area contributed by atoms with Gasteiger partial charge in [-0.05, 0) is 24.3 Å². The third kappa shape index (κ3) is 3.96. The average Bonchev–Trinajstić information content (AvgIpc) is 2.72. The number of ether oxygens (including phenoxy) is 2. The topological polar surface area (TPSA) is 121 Å². The van der Waals surface area contributed by atoms with Crippen LogP contribution in [0.4, 0.5) is 11.6 Å². The summed E-state index contributed by atoms with van der Waals surface area (Å²) in [5.74, 6) is 1.53. The van der Waals surface area contributed by atoms with Crippen molar-refractivity contribution in [2.24, 2.45) is 0 Å². The molecule has 2 N–H and O–H groups in total. The molecule has 10 heteroatoms. The summed E-state index contributed by atoms with van der Waals surface area (Å²) in [6.07, 6.45) is 3.96. The summed E-state index contributed by atoms with van der Waals surface area (Å²) < 4.78 is 38.3. The number of hydrogen-bond acceptors (Lipinski definition) is 8. The van der Waals surface area contributed by atoms with Crippen molar-refractivity contribution in [3.63, 3.8) is 0 Å². The van der Waals surface area contributed by atoms with Crippen molar-refractivity contribution in [3.8, 4) is 11.5 Å². The minimum absolute atomic E-state index is 0.00668. The van der Waals surface area contributed by atoms with Crippen molar-refractivity contribution in [3.05, 3.63) is 60.7 Å². The highest BCUT2D eigenvalue weighted by atomic mass is 32.2. The predicted octanol–water partition coefficient (Wildman–Crippen LogP) is 1.87. The van der Waals surface area contributed by atoms with Gasteiger partial charge in [0.2, 0.25) is 0 Å². The van der Waals surface area contributed by atoms with Crippen LogP contribution in [0.15, 0.2) is 60.0 Å². The third-order valence-electron chi connectivity index (χ3n) is 3.98. The Kier molecular flexibility index (Phi) is 5.59. The van der Waals surface area contributed by atoms with Crippen LogP contribution in [0.2, 0.25) is 0 Å². The summed E-state index contributed by atoms with van der Waals surface area (Å²) in [5, 5.41) is 0. The number of nitrogens with two attached hydrogens (primary N) is 1. The van der Waals surface area contributed by atoms with Crippen LogP contribution in [0.25, 0.3) is 0 Å². The molecule has 0 saturated carbocycles. The molecule has 9 nitrogen and oxygen atoms in total. The summed E-state index contributed by atoms with van der Waals surface area (Å²) in [5.41, 5.74) is 6.21. The first-order valence-electron chi connectivity index (χ1n) is 8.17. The summed E-state index contributed by atoms with van der Waals surface area (Å²) in [7, 11) is -0.924. The molecular formula is C18H19N5O4S. The molecule has 0 amide bonds. The molecule has 0 atom stereocenters. The second kappa shape index (κ2) is 8.09. The maximum Gasteiger partial charge on any atom is 0.267 e. The fourth-order valence-corrected chi connectivity index (χ4v) is 3.87. The first kappa shape index (κ1) is 19.4. The minimum Gasteiger partial charge on any atom is -0.497 e. The molecule has 3 aromatic rings. The Bertz CT molecular complexity index is 1040. The standard InChI is InChI=1S/C18H19N5O4S/c1-26-14-4-3-13(16(9-14)27-2)11-23(18-7-8-20-12-22-18)28(24,25)15-5-6-17(19)21-10-15/h3-10,12H,11H2,1-2H3,(H2,19,21). The Morgan fingerprint density at radius 2 is 1.89 bits per heavy atom. The van der Waals surface area contributed by atoms with E-state index in [1.54, 1.807) is 25.3 Å². The van der Waals surface area contributed by atoms with Gasteiger partial charge in [-0.2, -0.15) is 0 Å². The van der Waals surface area contributed by atoms with Crippen LogP contribution in [-0.2, 0) is 16.6 Å². The first-order valence-corrected chi connectivity index (χ1v) is 9.61. The van der Waals surface area contributed by atoms with Crippen LogP contribution in [-0.4, -0.2) is 37.6 Å². The van der Waals surface area contributed by atoms with Gasteiger partial charge in [-0.15, -0.1) is 0 Å². The lowest BCUT2D eigenvalue weighted by Gasteiger charge is -2.24. The van der Waals surface area contributed by atoms with Crippen LogP contribution in [0.3, 0.4) is 0 Å².